The second kappa shape index (κ2) is 7.35. The standard InChI is InChI=1S/C26H23N5O2/c1-15-23(16(2)33-31-15)18-10-21(24-22(11-18)29-25(30-24)17-8-9-17)26(32,19-6-4-3-5-7-19)20-12-27-14-28-13-20/h3-7,10-14,17,32H,8-9H2,1-2H3,(H,29,30). The molecule has 7 heteroatoms. The first-order valence-electron chi connectivity index (χ1n) is 11.1. The maximum Gasteiger partial charge on any atom is 0.145 e. The van der Waals surface area contributed by atoms with E-state index in [9.17, 15) is 5.11 Å². The largest absolute Gasteiger partial charge is 0.376 e. The summed E-state index contributed by atoms with van der Waals surface area (Å²) in [5, 5.41) is 16.6. The van der Waals surface area contributed by atoms with E-state index in [-0.39, 0.29) is 0 Å². The van der Waals surface area contributed by atoms with Crippen LogP contribution in [0.1, 0.15) is 52.7 Å². The lowest BCUT2D eigenvalue weighted by molar-refractivity contribution is 0.126. The number of aliphatic hydroxyl groups is 1. The highest BCUT2D eigenvalue weighted by molar-refractivity contribution is 5.88. The van der Waals surface area contributed by atoms with Gasteiger partial charge in [-0.1, -0.05) is 35.5 Å². The van der Waals surface area contributed by atoms with Crippen LogP contribution in [0, 0.1) is 13.8 Å². The third-order valence-corrected chi connectivity index (χ3v) is 6.45. The van der Waals surface area contributed by atoms with Crippen LogP contribution in [0.5, 0.6) is 0 Å². The first-order valence-corrected chi connectivity index (χ1v) is 11.1. The summed E-state index contributed by atoms with van der Waals surface area (Å²) < 4.78 is 5.45. The summed E-state index contributed by atoms with van der Waals surface area (Å²) in [5.74, 6) is 2.13. The van der Waals surface area contributed by atoms with E-state index < -0.39 is 5.60 Å². The maximum atomic E-state index is 12.5. The van der Waals surface area contributed by atoms with Gasteiger partial charge in [-0.2, -0.15) is 0 Å². The number of hydrogen-bond donors (Lipinski definition) is 2. The molecule has 0 aliphatic heterocycles. The number of aromatic amines is 1. The van der Waals surface area contributed by atoms with Gasteiger partial charge in [0, 0.05) is 35.0 Å². The lowest BCUT2D eigenvalue weighted by Gasteiger charge is -2.30. The molecule has 3 aromatic heterocycles. The van der Waals surface area contributed by atoms with Crippen molar-refractivity contribution in [1.29, 1.82) is 0 Å². The van der Waals surface area contributed by atoms with Gasteiger partial charge in [-0.3, -0.25) is 0 Å². The molecule has 1 saturated carbocycles. The topological polar surface area (TPSA) is 101 Å². The van der Waals surface area contributed by atoms with Gasteiger partial charge < -0.3 is 14.6 Å². The molecule has 1 unspecified atom stereocenters. The first kappa shape index (κ1) is 19.8. The van der Waals surface area contributed by atoms with Gasteiger partial charge in [0.25, 0.3) is 0 Å². The zero-order chi connectivity index (χ0) is 22.6. The number of benzene rings is 2. The fourth-order valence-corrected chi connectivity index (χ4v) is 4.64. The normalized spacial score (nSPS) is 15.6. The molecule has 2 aromatic carbocycles. The molecule has 33 heavy (non-hydrogen) atoms. The summed E-state index contributed by atoms with van der Waals surface area (Å²) in [4.78, 5) is 16.9. The van der Waals surface area contributed by atoms with Crippen LogP contribution in [0.3, 0.4) is 0 Å². The predicted octanol–water partition coefficient (Wildman–Crippen LogP) is 4.79. The Hall–Kier alpha value is -3.84. The number of aromatic nitrogens is 5. The average molecular weight is 438 g/mol. The summed E-state index contributed by atoms with van der Waals surface area (Å²) in [5.41, 5.74) is 4.68. The Kier molecular flexibility index (Phi) is 4.41. The molecule has 3 heterocycles. The van der Waals surface area contributed by atoms with Crippen molar-refractivity contribution in [3.63, 3.8) is 0 Å². The van der Waals surface area contributed by atoms with Gasteiger partial charge in [0.2, 0.25) is 0 Å². The van der Waals surface area contributed by atoms with E-state index in [1.54, 1.807) is 12.4 Å². The van der Waals surface area contributed by atoms with Crippen molar-refractivity contribution in [3.05, 3.63) is 95.2 Å². The Morgan fingerprint density at radius 1 is 1.03 bits per heavy atom. The highest BCUT2D eigenvalue weighted by atomic mass is 16.5. The Morgan fingerprint density at radius 2 is 1.79 bits per heavy atom. The fourth-order valence-electron chi connectivity index (χ4n) is 4.64. The van der Waals surface area contributed by atoms with Gasteiger partial charge in [0.15, 0.2) is 0 Å². The van der Waals surface area contributed by atoms with Crippen molar-refractivity contribution in [3.8, 4) is 11.1 Å². The first-order chi connectivity index (χ1) is 16.1. The van der Waals surface area contributed by atoms with E-state index in [0.29, 0.717) is 22.6 Å². The minimum Gasteiger partial charge on any atom is -0.376 e. The number of H-pyrrole nitrogens is 1. The second-order valence-corrected chi connectivity index (χ2v) is 8.72. The van der Waals surface area contributed by atoms with Crippen molar-refractivity contribution in [2.24, 2.45) is 0 Å². The van der Waals surface area contributed by atoms with Crippen LogP contribution in [-0.2, 0) is 5.60 Å². The molecule has 1 aliphatic carbocycles. The molecule has 6 rings (SSSR count). The van der Waals surface area contributed by atoms with E-state index >= 15 is 0 Å². The summed E-state index contributed by atoms with van der Waals surface area (Å²) >= 11 is 0. The Balaban J connectivity index is 1.70. The zero-order valence-corrected chi connectivity index (χ0v) is 18.4. The molecule has 5 aromatic rings. The van der Waals surface area contributed by atoms with E-state index in [4.69, 9.17) is 9.51 Å². The Morgan fingerprint density at radius 3 is 2.45 bits per heavy atom. The van der Waals surface area contributed by atoms with Crippen molar-refractivity contribution >= 4 is 11.0 Å². The van der Waals surface area contributed by atoms with Gasteiger partial charge in [0.1, 0.15) is 23.5 Å². The van der Waals surface area contributed by atoms with Crippen molar-refractivity contribution in [1.82, 2.24) is 25.1 Å². The molecule has 1 fully saturated rings. The average Bonchev–Trinajstić information content (AvgIpc) is 3.53. The molecule has 0 radical (unpaired) electrons. The molecule has 2 N–H and O–H groups in total. The predicted molar refractivity (Wildman–Crippen MR) is 124 cm³/mol. The summed E-state index contributed by atoms with van der Waals surface area (Å²) in [6, 6.07) is 13.6. The third-order valence-electron chi connectivity index (χ3n) is 6.45. The molecule has 0 bridgehead atoms. The molecule has 0 spiro atoms. The molecule has 0 amide bonds. The van der Waals surface area contributed by atoms with Crippen LogP contribution in [0.15, 0.2) is 65.7 Å². The van der Waals surface area contributed by atoms with Crippen molar-refractivity contribution in [2.45, 2.75) is 38.2 Å². The minimum atomic E-state index is -1.51. The summed E-state index contributed by atoms with van der Waals surface area (Å²) in [6.45, 7) is 3.82. The Bertz CT molecular complexity index is 1390. The molecule has 1 aliphatic rings. The van der Waals surface area contributed by atoms with Crippen LogP contribution in [0.2, 0.25) is 0 Å². The van der Waals surface area contributed by atoms with Gasteiger partial charge in [-0.05, 0) is 49.9 Å². The maximum absolute atomic E-state index is 12.5. The SMILES string of the molecule is Cc1noc(C)c1-c1cc(C(O)(c2ccccc2)c2cncnc2)c2nc(C3CC3)[nH]c2c1. The molecule has 164 valence electrons. The number of rotatable bonds is 5. The van der Waals surface area contributed by atoms with Crippen molar-refractivity contribution < 1.29 is 9.63 Å². The molecular weight excluding hydrogens is 414 g/mol. The van der Waals surface area contributed by atoms with Crippen molar-refractivity contribution in [2.75, 3.05) is 0 Å². The molecule has 1 atom stereocenters. The quantitative estimate of drug-likeness (QED) is 0.410. The second-order valence-electron chi connectivity index (χ2n) is 8.72. The lowest BCUT2D eigenvalue weighted by Crippen LogP contribution is -2.29. The lowest BCUT2D eigenvalue weighted by atomic mass is 9.80. The van der Waals surface area contributed by atoms with Gasteiger partial charge >= 0.3 is 0 Å². The molecular formula is C26H23N5O2. The van der Waals surface area contributed by atoms with Crippen LogP contribution in [0.25, 0.3) is 22.2 Å². The van der Waals surface area contributed by atoms with Crippen LogP contribution in [0.4, 0.5) is 0 Å². The van der Waals surface area contributed by atoms with Crippen LogP contribution < -0.4 is 0 Å². The smallest absolute Gasteiger partial charge is 0.145 e. The number of imidazole rings is 1. The van der Waals surface area contributed by atoms with Gasteiger partial charge in [-0.15, -0.1) is 0 Å². The van der Waals surface area contributed by atoms with E-state index in [2.05, 4.69) is 26.2 Å². The fraction of sp³-hybridized carbons (Fsp3) is 0.231. The van der Waals surface area contributed by atoms with E-state index in [1.165, 1.54) is 6.33 Å². The number of aryl methyl sites for hydroxylation is 2. The van der Waals surface area contributed by atoms with Crippen LogP contribution in [-0.4, -0.2) is 30.2 Å². The van der Waals surface area contributed by atoms with E-state index in [1.807, 2.05) is 50.2 Å². The zero-order valence-electron chi connectivity index (χ0n) is 18.4. The number of nitrogens with zero attached hydrogens (tertiary/aromatic N) is 4. The van der Waals surface area contributed by atoms with Gasteiger partial charge in [-0.25, -0.2) is 15.0 Å². The highest BCUT2D eigenvalue weighted by Crippen LogP contribution is 2.44. The number of nitrogens with one attached hydrogen (secondary N) is 1. The number of hydrogen-bond acceptors (Lipinski definition) is 6. The third kappa shape index (κ3) is 3.15. The minimum absolute atomic E-state index is 0.442. The molecule has 0 saturated heterocycles. The highest BCUT2D eigenvalue weighted by Gasteiger charge is 2.38. The molecule has 7 nitrogen and oxygen atoms in total. The van der Waals surface area contributed by atoms with Gasteiger partial charge in [0.05, 0.1) is 16.7 Å². The van der Waals surface area contributed by atoms with Crippen LogP contribution >= 0.6 is 0 Å². The summed E-state index contributed by atoms with van der Waals surface area (Å²) in [6.07, 6.45) is 7.03. The monoisotopic (exact) mass is 437 g/mol. The Labute approximate surface area is 190 Å². The van der Waals surface area contributed by atoms with E-state index in [0.717, 1.165) is 52.3 Å². The summed E-state index contributed by atoms with van der Waals surface area (Å²) in [7, 11) is 0. The number of fused-ring (bicyclic) bond motifs is 1.